The van der Waals surface area contributed by atoms with Gasteiger partial charge >= 0.3 is 0 Å². The summed E-state index contributed by atoms with van der Waals surface area (Å²) in [5.74, 6) is 0.671. The van der Waals surface area contributed by atoms with E-state index >= 15 is 0 Å². The molecule has 1 amide bonds. The van der Waals surface area contributed by atoms with Gasteiger partial charge in [0.1, 0.15) is 0 Å². The van der Waals surface area contributed by atoms with E-state index in [1.165, 1.54) is 11.1 Å². The molecule has 1 saturated carbocycles. The van der Waals surface area contributed by atoms with Crippen LogP contribution in [0, 0.1) is 12.8 Å². The molecule has 5 heteroatoms. The molecule has 138 valence electrons. The van der Waals surface area contributed by atoms with Crippen LogP contribution in [0.5, 0.6) is 0 Å². The second-order valence-corrected chi connectivity index (χ2v) is 7.72. The lowest BCUT2D eigenvalue weighted by Gasteiger charge is -2.35. The smallest absolute Gasteiger partial charge is 0.251 e. The molecule has 0 spiro atoms. The Morgan fingerprint density at radius 2 is 1.85 bits per heavy atom. The fourth-order valence-corrected chi connectivity index (χ4v) is 3.85. The number of carbonyl (C=O) groups excluding carboxylic acids is 1. The van der Waals surface area contributed by atoms with Gasteiger partial charge in [-0.05, 0) is 60.9 Å². The van der Waals surface area contributed by atoms with E-state index in [1.807, 2.05) is 17.9 Å². The van der Waals surface area contributed by atoms with Crippen molar-refractivity contribution in [2.24, 2.45) is 5.92 Å². The molecule has 0 bridgehead atoms. The number of hydrogen-bond acceptors (Lipinski definition) is 3. The molecule has 1 aliphatic heterocycles. The molecule has 2 aliphatic rings. The van der Waals surface area contributed by atoms with Crippen LogP contribution in [-0.2, 0) is 17.8 Å². The van der Waals surface area contributed by atoms with E-state index in [2.05, 4.69) is 28.9 Å². The number of piperazine rings is 1. The molecular formula is C21H27N3O2. The third-order valence-corrected chi connectivity index (χ3v) is 5.76. The van der Waals surface area contributed by atoms with Crippen molar-refractivity contribution in [3.05, 3.63) is 45.2 Å². The van der Waals surface area contributed by atoms with E-state index in [-0.39, 0.29) is 5.56 Å². The van der Waals surface area contributed by atoms with Crippen molar-refractivity contribution < 1.29 is 4.79 Å². The predicted molar refractivity (Wildman–Crippen MR) is 103 cm³/mol. The van der Waals surface area contributed by atoms with Crippen molar-refractivity contribution in [3.63, 3.8) is 0 Å². The maximum atomic E-state index is 12.2. The quantitative estimate of drug-likeness (QED) is 0.919. The number of amides is 1. The van der Waals surface area contributed by atoms with Gasteiger partial charge in [-0.2, -0.15) is 0 Å². The number of benzene rings is 1. The third kappa shape index (κ3) is 3.40. The number of aromatic amines is 1. The van der Waals surface area contributed by atoms with E-state index in [1.54, 1.807) is 0 Å². The zero-order chi connectivity index (χ0) is 18.3. The Kier molecular flexibility index (Phi) is 4.57. The molecule has 1 aromatic heterocycles. The fraction of sp³-hybridized carbons (Fsp3) is 0.524. The number of hydrogen-bond donors (Lipinski definition) is 1. The van der Waals surface area contributed by atoms with Gasteiger partial charge in [-0.25, -0.2) is 0 Å². The Morgan fingerprint density at radius 3 is 2.50 bits per heavy atom. The minimum Gasteiger partial charge on any atom is -0.340 e. The summed E-state index contributed by atoms with van der Waals surface area (Å²) in [6.07, 6.45) is 2.90. The van der Waals surface area contributed by atoms with Crippen molar-refractivity contribution in [3.8, 4) is 0 Å². The molecule has 0 atom stereocenters. The topological polar surface area (TPSA) is 56.4 Å². The van der Waals surface area contributed by atoms with Gasteiger partial charge in [0.25, 0.3) is 5.56 Å². The average molecular weight is 353 g/mol. The molecule has 2 heterocycles. The highest BCUT2D eigenvalue weighted by molar-refractivity contribution is 5.81. The molecular weight excluding hydrogens is 326 g/mol. The van der Waals surface area contributed by atoms with Crippen LogP contribution >= 0.6 is 0 Å². The first-order chi connectivity index (χ1) is 12.5. The summed E-state index contributed by atoms with van der Waals surface area (Å²) in [6.45, 7) is 8.51. The van der Waals surface area contributed by atoms with Crippen molar-refractivity contribution in [1.29, 1.82) is 0 Å². The molecule has 1 aromatic carbocycles. The van der Waals surface area contributed by atoms with Crippen LogP contribution in [-0.4, -0.2) is 46.9 Å². The van der Waals surface area contributed by atoms with Crippen molar-refractivity contribution >= 4 is 16.8 Å². The first-order valence-electron chi connectivity index (χ1n) is 9.71. The highest BCUT2D eigenvalue weighted by atomic mass is 16.2. The lowest BCUT2D eigenvalue weighted by Crippen LogP contribution is -2.48. The predicted octanol–water partition coefficient (Wildman–Crippen LogP) is 2.45. The zero-order valence-electron chi connectivity index (χ0n) is 15.7. The number of nitrogens with one attached hydrogen (secondary N) is 1. The van der Waals surface area contributed by atoms with Crippen LogP contribution in [0.1, 0.15) is 36.5 Å². The monoisotopic (exact) mass is 353 g/mol. The van der Waals surface area contributed by atoms with Gasteiger partial charge in [0, 0.05) is 49.7 Å². The van der Waals surface area contributed by atoms with Gasteiger partial charge in [-0.3, -0.25) is 14.5 Å². The average Bonchev–Trinajstić information content (AvgIpc) is 3.47. The van der Waals surface area contributed by atoms with Gasteiger partial charge in [-0.15, -0.1) is 0 Å². The van der Waals surface area contributed by atoms with Crippen molar-refractivity contribution in [2.75, 3.05) is 26.2 Å². The Morgan fingerprint density at radius 1 is 1.12 bits per heavy atom. The lowest BCUT2D eigenvalue weighted by atomic mass is 10.0. The number of pyridine rings is 1. The number of H-pyrrole nitrogens is 1. The van der Waals surface area contributed by atoms with E-state index in [9.17, 15) is 9.59 Å². The number of carbonyl (C=O) groups is 1. The molecule has 1 aliphatic carbocycles. The maximum Gasteiger partial charge on any atom is 0.251 e. The van der Waals surface area contributed by atoms with E-state index in [0.29, 0.717) is 11.8 Å². The molecule has 0 unspecified atom stereocenters. The summed E-state index contributed by atoms with van der Waals surface area (Å²) in [6, 6.07) is 6.30. The fourth-order valence-electron chi connectivity index (χ4n) is 3.85. The Bertz CT molecular complexity index is 890. The standard InChI is InChI=1S/C21H27N3O2/c1-3-15-11-17-10-14(2)18(12-19(17)22-20(15)25)13-23-6-8-24(9-7-23)21(26)16-4-5-16/h10-12,16H,3-9,13H2,1-2H3,(H,22,25). The number of aryl methyl sites for hydroxylation is 2. The highest BCUT2D eigenvalue weighted by Crippen LogP contribution is 2.31. The molecule has 5 nitrogen and oxygen atoms in total. The first kappa shape index (κ1) is 17.3. The zero-order valence-corrected chi connectivity index (χ0v) is 15.7. The van der Waals surface area contributed by atoms with Crippen LogP contribution in [0.2, 0.25) is 0 Å². The number of rotatable bonds is 4. The van der Waals surface area contributed by atoms with Crippen LogP contribution in [0.15, 0.2) is 23.0 Å². The van der Waals surface area contributed by atoms with Crippen molar-refractivity contribution in [2.45, 2.75) is 39.7 Å². The molecule has 2 aromatic rings. The first-order valence-corrected chi connectivity index (χ1v) is 9.71. The lowest BCUT2D eigenvalue weighted by molar-refractivity contribution is -0.134. The number of nitrogens with zero attached hydrogens (tertiary/aromatic N) is 2. The normalized spacial score (nSPS) is 18.5. The number of aromatic nitrogens is 1. The van der Waals surface area contributed by atoms with Gasteiger partial charge in [0.05, 0.1) is 0 Å². The summed E-state index contributed by atoms with van der Waals surface area (Å²) >= 11 is 0. The van der Waals surface area contributed by atoms with Gasteiger partial charge in [0.15, 0.2) is 0 Å². The van der Waals surface area contributed by atoms with E-state index in [0.717, 1.165) is 68.5 Å². The molecule has 2 fully saturated rings. The SMILES string of the molecule is CCc1cc2cc(C)c(CN3CCN(C(=O)C4CC4)CC3)cc2[nH]c1=O. The Balaban J connectivity index is 1.48. The van der Waals surface area contributed by atoms with Crippen LogP contribution in [0.4, 0.5) is 0 Å². The van der Waals surface area contributed by atoms with Crippen LogP contribution in [0.25, 0.3) is 10.9 Å². The Hall–Kier alpha value is -2.14. The van der Waals surface area contributed by atoms with E-state index in [4.69, 9.17) is 0 Å². The van der Waals surface area contributed by atoms with Crippen LogP contribution < -0.4 is 5.56 Å². The second-order valence-electron chi connectivity index (χ2n) is 7.72. The second kappa shape index (κ2) is 6.88. The molecule has 26 heavy (non-hydrogen) atoms. The summed E-state index contributed by atoms with van der Waals surface area (Å²) < 4.78 is 0. The van der Waals surface area contributed by atoms with Crippen molar-refractivity contribution in [1.82, 2.24) is 14.8 Å². The van der Waals surface area contributed by atoms with Gasteiger partial charge < -0.3 is 9.88 Å². The molecule has 1 N–H and O–H groups in total. The largest absolute Gasteiger partial charge is 0.340 e. The summed E-state index contributed by atoms with van der Waals surface area (Å²) in [5, 5.41) is 1.10. The third-order valence-electron chi connectivity index (χ3n) is 5.76. The van der Waals surface area contributed by atoms with Crippen LogP contribution in [0.3, 0.4) is 0 Å². The minimum atomic E-state index is 0.0157. The summed E-state index contributed by atoms with van der Waals surface area (Å²) in [7, 11) is 0. The van der Waals surface area contributed by atoms with Gasteiger partial charge in [0.2, 0.25) is 5.91 Å². The van der Waals surface area contributed by atoms with E-state index < -0.39 is 0 Å². The highest BCUT2D eigenvalue weighted by Gasteiger charge is 2.34. The maximum absolute atomic E-state index is 12.2. The summed E-state index contributed by atoms with van der Waals surface area (Å²) in [4.78, 5) is 31.8. The molecule has 4 rings (SSSR count). The summed E-state index contributed by atoms with van der Waals surface area (Å²) in [5.41, 5.74) is 4.26. The minimum absolute atomic E-state index is 0.0157. The van der Waals surface area contributed by atoms with Gasteiger partial charge in [-0.1, -0.05) is 6.92 Å². The Labute approximate surface area is 154 Å². The number of fused-ring (bicyclic) bond motifs is 1. The molecule has 0 radical (unpaired) electrons. The molecule has 1 saturated heterocycles.